The lowest BCUT2D eigenvalue weighted by Gasteiger charge is -2.19. The van der Waals surface area contributed by atoms with E-state index < -0.39 is 0 Å². The molecule has 37 heavy (non-hydrogen) atoms. The molecule has 1 aromatic heterocycles. The number of benzene rings is 3. The van der Waals surface area contributed by atoms with Gasteiger partial charge in [0.05, 0.1) is 11.4 Å². The zero-order valence-electron chi connectivity index (χ0n) is 21.6. The molecule has 0 unspecified atom stereocenters. The third kappa shape index (κ3) is 4.80. The second-order valence-electron chi connectivity index (χ2n) is 10.3. The van der Waals surface area contributed by atoms with E-state index in [0.29, 0.717) is 16.9 Å². The minimum Gasteiger partial charge on any atom is -0.336 e. The van der Waals surface area contributed by atoms with Gasteiger partial charge < -0.3 is 15.2 Å². The molecule has 0 fully saturated rings. The van der Waals surface area contributed by atoms with Gasteiger partial charge in [0.15, 0.2) is 5.82 Å². The lowest BCUT2D eigenvalue weighted by Crippen LogP contribution is -2.21. The van der Waals surface area contributed by atoms with E-state index in [4.69, 9.17) is 0 Å². The Balaban J connectivity index is 1.42. The van der Waals surface area contributed by atoms with E-state index in [0.717, 1.165) is 28.1 Å². The molecule has 1 aliphatic rings. The van der Waals surface area contributed by atoms with E-state index >= 15 is 0 Å². The van der Waals surface area contributed by atoms with Gasteiger partial charge >= 0.3 is 0 Å². The zero-order chi connectivity index (χ0) is 26.3. The van der Waals surface area contributed by atoms with Gasteiger partial charge in [0.2, 0.25) is 0 Å². The first-order valence-corrected chi connectivity index (χ1v) is 12.1. The van der Waals surface area contributed by atoms with Gasteiger partial charge in [0, 0.05) is 47.5 Å². The molecule has 0 spiro atoms. The van der Waals surface area contributed by atoms with Crippen molar-refractivity contribution < 1.29 is 4.79 Å². The minimum absolute atomic E-state index is 0.0194. The maximum absolute atomic E-state index is 13.0. The number of aliphatic imine (C=N–C) groups is 1. The van der Waals surface area contributed by atoms with Crippen LogP contribution in [-0.4, -0.2) is 21.7 Å². The molecule has 0 radical (unpaired) electrons. The fraction of sp³-hybridized carbons (Fsp3) is 0.200. The Morgan fingerprint density at radius 1 is 1.00 bits per heavy atom. The molecule has 0 bridgehead atoms. The summed E-state index contributed by atoms with van der Waals surface area (Å²) in [6, 6.07) is 19.1. The molecule has 5 rings (SSSR count). The van der Waals surface area contributed by atoms with Crippen molar-refractivity contribution in [1.29, 1.82) is 0 Å². The van der Waals surface area contributed by atoms with Gasteiger partial charge in [-0.3, -0.25) is 14.6 Å². The van der Waals surface area contributed by atoms with Crippen LogP contribution >= 0.6 is 0 Å². The van der Waals surface area contributed by atoms with Crippen molar-refractivity contribution in [3.8, 4) is 11.3 Å². The van der Waals surface area contributed by atoms with Crippen molar-refractivity contribution in [2.45, 2.75) is 33.1 Å². The van der Waals surface area contributed by atoms with E-state index in [1.807, 2.05) is 67.6 Å². The average Bonchev–Trinajstić information content (AvgIpc) is 2.84. The third-order valence-corrected chi connectivity index (χ3v) is 6.58. The summed E-state index contributed by atoms with van der Waals surface area (Å²) in [5.41, 5.74) is 7.22. The van der Waals surface area contributed by atoms with Gasteiger partial charge in [0.25, 0.3) is 11.5 Å². The summed E-state index contributed by atoms with van der Waals surface area (Å²) in [6.07, 6.45) is 3.50. The SMILES string of the molecule is Cc1c(NC(=O)c2ccc(C(C)(C)C)cc2)cccc1-c1cn(C)c(=O)c(Nc2ccc3c(c2)N=C3)n1. The molecule has 0 saturated heterocycles. The van der Waals surface area contributed by atoms with Crippen molar-refractivity contribution in [1.82, 2.24) is 9.55 Å². The highest BCUT2D eigenvalue weighted by Gasteiger charge is 2.17. The van der Waals surface area contributed by atoms with Crippen molar-refractivity contribution >= 4 is 35.0 Å². The van der Waals surface area contributed by atoms with Crippen LogP contribution in [-0.2, 0) is 12.5 Å². The van der Waals surface area contributed by atoms with Gasteiger partial charge in [-0.05, 0) is 59.9 Å². The van der Waals surface area contributed by atoms with Crippen LogP contribution in [0.4, 0.5) is 22.9 Å². The van der Waals surface area contributed by atoms with E-state index in [9.17, 15) is 9.59 Å². The molecule has 0 saturated carbocycles. The monoisotopic (exact) mass is 491 g/mol. The number of nitrogens with one attached hydrogen (secondary N) is 2. The number of rotatable bonds is 5. The highest BCUT2D eigenvalue weighted by Crippen LogP contribution is 2.31. The molecular formula is C30H29N5O2. The Hall–Kier alpha value is -4.52. The van der Waals surface area contributed by atoms with Crippen LogP contribution in [0, 0.1) is 6.92 Å². The largest absolute Gasteiger partial charge is 0.336 e. The van der Waals surface area contributed by atoms with Gasteiger partial charge in [0.1, 0.15) is 0 Å². The molecule has 4 aromatic rings. The molecule has 7 nitrogen and oxygen atoms in total. The lowest BCUT2D eigenvalue weighted by molar-refractivity contribution is 0.102. The van der Waals surface area contributed by atoms with E-state index in [-0.39, 0.29) is 22.7 Å². The number of nitrogens with zero attached hydrogens (tertiary/aromatic N) is 3. The zero-order valence-corrected chi connectivity index (χ0v) is 21.6. The summed E-state index contributed by atoms with van der Waals surface area (Å²) in [7, 11) is 1.70. The molecule has 7 heteroatoms. The van der Waals surface area contributed by atoms with Crippen LogP contribution in [0.1, 0.15) is 47.8 Å². The Morgan fingerprint density at radius 2 is 1.76 bits per heavy atom. The fourth-order valence-corrected chi connectivity index (χ4v) is 4.23. The van der Waals surface area contributed by atoms with Crippen molar-refractivity contribution in [3.05, 3.63) is 99.5 Å². The predicted molar refractivity (Wildman–Crippen MR) is 150 cm³/mol. The number of carbonyl (C=O) groups excluding carboxylic acids is 1. The van der Waals surface area contributed by atoms with Gasteiger partial charge in [-0.25, -0.2) is 4.98 Å². The Morgan fingerprint density at radius 3 is 2.41 bits per heavy atom. The Bertz CT molecular complexity index is 1610. The second kappa shape index (κ2) is 9.17. The molecule has 2 N–H and O–H groups in total. The molecule has 0 atom stereocenters. The Kier molecular flexibility index (Phi) is 5.99. The highest BCUT2D eigenvalue weighted by atomic mass is 16.1. The summed E-state index contributed by atoms with van der Waals surface area (Å²) < 4.78 is 1.51. The van der Waals surface area contributed by atoms with Crippen molar-refractivity contribution in [3.63, 3.8) is 0 Å². The summed E-state index contributed by atoms with van der Waals surface area (Å²) in [4.78, 5) is 34.7. The lowest BCUT2D eigenvalue weighted by atomic mass is 9.86. The first kappa shape index (κ1) is 24.2. The second-order valence-corrected chi connectivity index (χ2v) is 10.3. The number of hydrogen-bond acceptors (Lipinski definition) is 5. The number of carbonyl (C=O) groups is 1. The number of fused-ring (bicyclic) bond motifs is 1. The standard InChI is InChI=1S/C30H29N5O2/c1-18-23(7-6-8-24(18)34-28(36)19-9-12-21(13-10-19)30(2,3)4)26-17-35(5)29(37)27(33-26)32-22-14-11-20-16-31-25(20)15-22/h6-17H,1-5H3,(H,32,33)(H,34,36). The maximum Gasteiger partial charge on any atom is 0.293 e. The van der Waals surface area contributed by atoms with Crippen LogP contribution in [0.5, 0.6) is 0 Å². The van der Waals surface area contributed by atoms with Crippen molar-refractivity contribution in [2.24, 2.45) is 12.0 Å². The smallest absolute Gasteiger partial charge is 0.293 e. The third-order valence-electron chi connectivity index (χ3n) is 6.58. The fourth-order valence-electron chi connectivity index (χ4n) is 4.23. The van der Waals surface area contributed by atoms with Gasteiger partial charge in [-0.2, -0.15) is 0 Å². The molecule has 1 amide bonds. The molecule has 186 valence electrons. The molecule has 1 aliphatic heterocycles. The summed E-state index contributed by atoms with van der Waals surface area (Å²) in [6.45, 7) is 8.36. The summed E-state index contributed by atoms with van der Waals surface area (Å²) in [5.74, 6) is 0.0378. The number of hydrogen-bond donors (Lipinski definition) is 2. The van der Waals surface area contributed by atoms with Gasteiger partial charge in [-0.1, -0.05) is 45.0 Å². The van der Waals surface area contributed by atoms with Gasteiger partial charge in [-0.15, -0.1) is 0 Å². The molecule has 3 aromatic carbocycles. The highest BCUT2D eigenvalue weighted by molar-refractivity contribution is 6.05. The van der Waals surface area contributed by atoms with Crippen LogP contribution < -0.4 is 16.2 Å². The Labute approximate surface area is 215 Å². The van der Waals surface area contributed by atoms with E-state index in [1.54, 1.807) is 19.5 Å². The van der Waals surface area contributed by atoms with Crippen molar-refractivity contribution in [2.75, 3.05) is 10.6 Å². The molecule has 2 heterocycles. The molecule has 0 aliphatic carbocycles. The van der Waals surface area contributed by atoms with Crippen LogP contribution in [0.2, 0.25) is 0 Å². The predicted octanol–water partition coefficient (Wildman–Crippen LogP) is 6.11. The minimum atomic E-state index is -0.240. The average molecular weight is 492 g/mol. The van der Waals surface area contributed by atoms with E-state index in [2.05, 4.69) is 41.4 Å². The van der Waals surface area contributed by atoms with Crippen LogP contribution in [0.15, 0.2) is 76.6 Å². The molecular weight excluding hydrogens is 462 g/mol. The number of amides is 1. The first-order valence-electron chi connectivity index (χ1n) is 12.1. The summed E-state index contributed by atoms with van der Waals surface area (Å²) >= 11 is 0. The van der Waals surface area contributed by atoms with Crippen LogP contribution in [0.25, 0.3) is 11.3 Å². The first-order chi connectivity index (χ1) is 17.6. The quantitative estimate of drug-likeness (QED) is 0.310. The van der Waals surface area contributed by atoms with E-state index in [1.165, 1.54) is 10.1 Å². The van der Waals surface area contributed by atoms with Crippen LogP contribution in [0.3, 0.4) is 0 Å². The summed E-state index contributed by atoms with van der Waals surface area (Å²) in [5, 5.41) is 6.17. The number of aryl methyl sites for hydroxylation is 1. The maximum atomic E-state index is 13.0. The normalized spacial score (nSPS) is 12.0. The topological polar surface area (TPSA) is 88.4 Å². The number of aromatic nitrogens is 2. The number of anilines is 3.